The van der Waals surface area contributed by atoms with Crippen LogP contribution in [-0.2, 0) is 14.3 Å². The van der Waals surface area contributed by atoms with Gasteiger partial charge in [0.2, 0.25) is 0 Å². The maximum absolute atomic E-state index is 9.82. The summed E-state index contributed by atoms with van der Waals surface area (Å²) in [6, 6.07) is 0. The van der Waals surface area contributed by atoms with Crippen molar-refractivity contribution in [3.63, 3.8) is 0 Å². The van der Waals surface area contributed by atoms with Crippen molar-refractivity contribution >= 4 is 11.9 Å². The molecule has 5 N–H and O–H groups in total. The van der Waals surface area contributed by atoms with Gasteiger partial charge in [-0.2, -0.15) is 0 Å². The Morgan fingerprint density at radius 1 is 1.33 bits per heavy atom. The summed E-state index contributed by atoms with van der Waals surface area (Å²) in [4.78, 5) is 18.8. The molecule has 0 aromatic carbocycles. The number of hydrogen-bond donors (Lipinski definition) is 1. The quantitative estimate of drug-likeness (QED) is 0.571. The van der Waals surface area contributed by atoms with E-state index in [-0.39, 0.29) is 21.2 Å². The SMILES string of the molecule is CC(=O)O.CCOC(C)=O.O.O.[HH].[HH].[HH]. The van der Waals surface area contributed by atoms with Crippen LogP contribution >= 0.6 is 0 Å². The third-order valence-corrected chi connectivity index (χ3v) is 0.348. The number of esters is 1. The molecule has 82 valence electrons. The fourth-order valence-electron chi connectivity index (χ4n) is 0.203. The zero-order valence-electron chi connectivity index (χ0n) is 7.38. The predicted octanol–water partition coefficient (Wildman–Crippen LogP) is -0.251. The third-order valence-electron chi connectivity index (χ3n) is 0.348. The lowest BCUT2D eigenvalue weighted by Gasteiger charge is -1.89. The molecular formula is C6H22O6. The Balaban J connectivity index is -0.0000000133. The average molecular weight is 190 g/mol. The van der Waals surface area contributed by atoms with E-state index in [1.807, 2.05) is 0 Å². The number of carboxylic acid groups (broad SMARTS) is 1. The smallest absolute Gasteiger partial charge is 0.302 e. The first-order chi connectivity index (χ1) is 4.50. The topological polar surface area (TPSA) is 127 Å². The minimum Gasteiger partial charge on any atom is -0.481 e. The molecule has 0 rings (SSSR count). The molecule has 0 amide bonds. The number of ether oxygens (including phenoxy) is 1. The molecule has 0 atom stereocenters. The molecule has 0 bridgehead atoms. The number of rotatable bonds is 1. The Morgan fingerprint density at radius 2 is 1.58 bits per heavy atom. The van der Waals surface area contributed by atoms with Crippen LogP contribution < -0.4 is 0 Å². The molecule has 0 aromatic rings. The highest BCUT2D eigenvalue weighted by atomic mass is 16.5. The van der Waals surface area contributed by atoms with Crippen molar-refractivity contribution in [3.8, 4) is 0 Å². The summed E-state index contributed by atoms with van der Waals surface area (Å²) >= 11 is 0. The van der Waals surface area contributed by atoms with Crippen LogP contribution in [0, 0.1) is 0 Å². The van der Waals surface area contributed by atoms with Crippen molar-refractivity contribution in [1.29, 1.82) is 0 Å². The zero-order valence-corrected chi connectivity index (χ0v) is 7.38. The number of carbonyl (C=O) groups is 2. The van der Waals surface area contributed by atoms with Gasteiger partial charge in [-0.05, 0) is 6.92 Å². The highest BCUT2D eigenvalue weighted by Crippen LogP contribution is 1.69. The number of carbonyl (C=O) groups excluding carboxylic acids is 1. The Bertz CT molecular complexity index is 117. The van der Waals surface area contributed by atoms with Crippen LogP contribution in [0.1, 0.15) is 25.1 Å². The second-order valence-corrected chi connectivity index (χ2v) is 1.44. The molecule has 6 nitrogen and oxygen atoms in total. The molecule has 0 aromatic heterocycles. The summed E-state index contributed by atoms with van der Waals surface area (Å²) in [7, 11) is 0. The molecular weight excluding hydrogens is 168 g/mol. The first kappa shape index (κ1) is 22.4. The number of aliphatic carboxylic acids is 1. The summed E-state index contributed by atoms with van der Waals surface area (Å²) in [6.07, 6.45) is 0. The normalized spacial score (nSPS) is 5.92. The van der Waals surface area contributed by atoms with E-state index < -0.39 is 5.97 Å². The molecule has 0 fully saturated rings. The molecule has 0 unspecified atom stereocenters. The van der Waals surface area contributed by atoms with Crippen LogP contribution in [0.2, 0.25) is 0 Å². The second-order valence-electron chi connectivity index (χ2n) is 1.44. The lowest BCUT2D eigenvalue weighted by Crippen LogP contribution is -1.95. The highest BCUT2D eigenvalue weighted by Gasteiger charge is 1.81. The Hall–Kier alpha value is -1.14. The summed E-state index contributed by atoms with van der Waals surface area (Å²) in [6.45, 7) is 4.74. The fourth-order valence-corrected chi connectivity index (χ4v) is 0.203. The van der Waals surface area contributed by atoms with Gasteiger partial charge in [-0.1, -0.05) is 0 Å². The van der Waals surface area contributed by atoms with Crippen LogP contribution in [0.3, 0.4) is 0 Å². The third kappa shape index (κ3) is 158. The van der Waals surface area contributed by atoms with E-state index in [2.05, 4.69) is 4.74 Å². The standard InChI is InChI=1S/C4H8O2.C2H4O2.2H2O.3H2/c1-3-6-4(2)5;1-2(3)4;;;;;/h3H2,1-2H3;1H3,(H,3,4);2*1H2;3*1H. The van der Waals surface area contributed by atoms with Crippen LogP contribution in [0.5, 0.6) is 0 Å². The molecule has 0 saturated carbocycles. The van der Waals surface area contributed by atoms with Gasteiger partial charge in [0.1, 0.15) is 0 Å². The van der Waals surface area contributed by atoms with Crippen molar-refractivity contribution in [3.05, 3.63) is 0 Å². The molecule has 12 heavy (non-hydrogen) atoms. The molecule has 0 aliphatic carbocycles. The summed E-state index contributed by atoms with van der Waals surface area (Å²) < 4.78 is 4.40. The Kier molecular flexibility index (Phi) is 30.8. The summed E-state index contributed by atoms with van der Waals surface area (Å²) in [5.74, 6) is -1.04. The van der Waals surface area contributed by atoms with E-state index in [0.717, 1.165) is 6.92 Å². The van der Waals surface area contributed by atoms with Gasteiger partial charge in [0.25, 0.3) is 5.97 Å². The molecule has 0 saturated heterocycles. The number of hydrogen-bond acceptors (Lipinski definition) is 3. The van der Waals surface area contributed by atoms with Crippen LogP contribution in [0.15, 0.2) is 0 Å². The van der Waals surface area contributed by atoms with E-state index in [4.69, 9.17) is 9.90 Å². The van der Waals surface area contributed by atoms with Gasteiger partial charge < -0.3 is 20.8 Å². The van der Waals surface area contributed by atoms with E-state index in [0.29, 0.717) is 6.61 Å². The van der Waals surface area contributed by atoms with Crippen molar-refractivity contribution in [2.24, 2.45) is 0 Å². The minimum atomic E-state index is -0.833. The van der Waals surface area contributed by atoms with E-state index in [1.165, 1.54) is 6.92 Å². The summed E-state index contributed by atoms with van der Waals surface area (Å²) in [5.41, 5.74) is 0. The van der Waals surface area contributed by atoms with E-state index in [9.17, 15) is 4.79 Å². The lowest BCUT2D eigenvalue weighted by molar-refractivity contribution is -0.140. The van der Waals surface area contributed by atoms with Crippen molar-refractivity contribution in [2.45, 2.75) is 20.8 Å². The van der Waals surface area contributed by atoms with E-state index in [1.54, 1.807) is 6.92 Å². The largest absolute Gasteiger partial charge is 0.481 e. The molecule has 0 spiro atoms. The van der Waals surface area contributed by atoms with Crippen LogP contribution in [0.4, 0.5) is 0 Å². The predicted molar refractivity (Wildman–Crippen MR) is 49.2 cm³/mol. The highest BCUT2D eigenvalue weighted by molar-refractivity contribution is 5.65. The first-order valence-corrected chi connectivity index (χ1v) is 2.83. The molecule has 0 radical (unpaired) electrons. The van der Waals surface area contributed by atoms with Gasteiger partial charge >= 0.3 is 5.97 Å². The monoisotopic (exact) mass is 190 g/mol. The molecule has 0 heterocycles. The maximum Gasteiger partial charge on any atom is 0.302 e. The lowest BCUT2D eigenvalue weighted by atomic mass is 10.8. The number of carboxylic acids is 1. The summed E-state index contributed by atoms with van der Waals surface area (Å²) in [5, 5.41) is 7.42. The van der Waals surface area contributed by atoms with Crippen LogP contribution in [0.25, 0.3) is 0 Å². The molecule has 0 aliphatic rings. The van der Waals surface area contributed by atoms with Crippen LogP contribution in [-0.4, -0.2) is 34.6 Å². The molecule has 0 aliphatic heterocycles. The average Bonchev–Trinajstić information content (AvgIpc) is 1.62. The van der Waals surface area contributed by atoms with Gasteiger partial charge in [-0.15, -0.1) is 0 Å². The minimum absolute atomic E-state index is 0. The van der Waals surface area contributed by atoms with Crippen molar-refractivity contribution < 1.29 is 34.7 Å². The van der Waals surface area contributed by atoms with Gasteiger partial charge in [0.05, 0.1) is 6.61 Å². The van der Waals surface area contributed by atoms with Crippen molar-refractivity contribution in [1.82, 2.24) is 0 Å². The van der Waals surface area contributed by atoms with Gasteiger partial charge in [-0.3, -0.25) is 9.59 Å². The van der Waals surface area contributed by atoms with E-state index >= 15 is 0 Å². The molecule has 6 heteroatoms. The Labute approximate surface area is 75.2 Å². The van der Waals surface area contributed by atoms with Gasteiger partial charge in [0, 0.05) is 18.1 Å². The fraction of sp³-hybridized carbons (Fsp3) is 0.667. The van der Waals surface area contributed by atoms with Gasteiger partial charge in [-0.25, -0.2) is 0 Å². The first-order valence-electron chi connectivity index (χ1n) is 2.83. The van der Waals surface area contributed by atoms with Gasteiger partial charge in [0.15, 0.2) is 0 Å². The maximum atomic E-state index is 9.82. The second kappa shape index (κ2) is 16.4. The Morgan fingerprint density at radius 3 is 1.58 bits per heavy atom. The van der Waals surface area contributed by atoms with Crippen molar-refractivity contribution in [2.75, 3.05) is 6.61 Å². The zero-order chi connectivity index (χ0) is 8.57.